The molecule has 1 aliphatic rings. The van der Waals surface area contributed by atoms with Crippen molar-refractivity contribution in [2.24, 2.45) is 0 Å². The van der Waals surface area contributed by atoms with Gasteiger partial charge in [-0.1, -0.05) is 11.6 Å². The van der Waals surface area contributed by atoms with E-state index in [0.29, 0.717) is 40.8 Å². The van der Waals surface area contributed by atoms with Gasteiger partial charge in [-0.15, -0.1) is 0 Å². The van der Waals surface area contributed by atoms with Crippen molar-refractivity contribution in [3.8, 4) is 17.1 Å². The smallest absolute Gasteiger partial charge is 0.246 e. The van der Waals surface area contributed by atoms with E-state index in [1.54, 1.807) is 24.3 Å². The molecule has 0 unspecified atom stereocenters. The summed E-state index contributed by atoms with van der Waals surface area (Å²) in [6.07, 6.45) is 0. The molecule has 0 bridgehead atoms. The lowest BCUT2D eigenvalue weighted by Crippen LogP contribution is -2.49. The zero-order valence-electron chi connectivity index (χ0n) is 19.2. The summed E-state index contributed by atoms with van der Waals surface area (Å²) in [4.78, 5) is 11.3. The predicted octanol–water partition coefficient (Wildman–Crippen LogP) is 4.75. The number of aromatic nitrogens is 2. The fourth-order valence-electron chi connectivity index (χ4n) is 4.19. The highest BCUT2D eigenvalue weighted by Crippen LogP contribution is 2.32. The zero-order chi connectivity index (χ0) is 25.4. The molecule has 1 aliphatic heterocycles. The summed E-state index contributed by atoms with van der Waals surface area (Å²) < 4.78 is 60.1. The van der Waals surface area contributed by atoms with E-state index in [1.807, 2.05) is 11.0 Å². The molecule has 2 heterocycles. The van der Waals surface area contributed by atoms with Crippen molar-refractivity contribution in [3.05, 3.63) is 77.3 Å². The van der Waals surface area contributed by atoms with Crippen LogP contribution in [-0.2, 0) is 10.0 Å². The Morgan fingerprint density at radius 3 is 2.28 bits per heavy atom. The number of nitrogens with zero attached hydrogens (tertiary/aromatic N) is 4. The van der Waals surface area contributed by atoms with E-state index >= 15 is 0 Å². The Kier molecular flexibility index (Phi) is 6.50. The average molecular weight is 531 g/mol. The summed E-state index contributed by atoms with van der Waals surface area (Å²) in [5, 5.41) is 1.28. The molecule has 5 rings (SSSR count). The molecular formula is C25H21ClF2N4O3S. The van der Waals surface area contributed by atoms with Gasteiger partial charge in [0, 0.05) is 48.2 Å². The molecule has 0 amide bonds. The van der Waals surface area contributed by atoms with Crippen molar-refractivity contribution in [1.82, 2.24) is 14.3 Å². The van der Waals surface area contributed by atoms with Gasteiger partial charge in [0.15, 0.2) is 5.82 Å². The molecule has 0 radical (unpaired) electrons. The van der Waals surface area contributed by atoms with Gasteiger partial charge in [0.2, 0.25) is 10.0 Å². The van der Waals surface area contributed by atoms with Crippen molar-refractivity contribution in [2.75, 3.05) is 38.2 Å². The zero-order valence-corrected chi connectivity index (χ0v) is 20.7. The molecule has 0 N–H and O–H groups in total. The maximum atomic E-state index is 13.6. The molecule has 7 nitrogen and oxygen atoms in total. The molecule has 0 atom stereocenters. The first-order valence-electron chi connectivity index (χ1n) is 11.1. The number of rotatable bonds is 5. The van der Waals surface area contributed by atoms with Crippen LogP contribution in [0.3, 0.4) is 0 Å². The van der Waals surface area contributed by atoms with Crippen LogP contribution < -0.4 is 9.64 Å². The highest BCUT2D eigenvalue weighted by Gasteiger charge is 2.32. The first kappa shape index (κ1) is 24.4. The third-order valence-corrected chi connectivity index (χ3v) is 8.20. The van der Waals surface area contributed by atoms with E-state index in [1.165, 1.54) is 29.6 Å². The molecule has 1 saturated heterocycles. The van der Waals surface area contributed by atoms with E-state index in [2.05, 4.69) is 4.98 Å². The summed E-state index contributed by atoms with van der Waals surface area (Å²) in [6, 6.07) is 14.6. The second-order valence-corrected chi connectivity index (χ2v) is 10.6. The molecular weight excluding hydrogens is 510 g/mol. The van der Waals surface area contributed by atoms with Gasteiger partial charge in [0.05, 0.1) is 12.6 Å². The van der Waals surface area contributed by atoms with Crippen LogP contribution in [-0.4, -0.2) is 56.0 Å². The number of ether oxygens (including phenoxy) is 1. The van der Waals surface area contributed by atoms with Gasteiger partial charge in [-0.05, 0) is 54.6 Å². The lowest BCUT2D eigenvalue weighted by Gasteiger charge is -2.35. The number of fused-ring (bicyclic) bond motifs is 1. The quantitative estimate of drug-likeness (QED) is 0.371. The molecule has 36 heavy (non-hydrogen) atoms. The molecule has 1 fully saturated rings. The molecule has 11 heteroatoms. The number of hydrogen-bond donors (Lipinski definition) is 0. The summed E-state index contributed by atoms with van der Waals surface area (Å²) in [5.41, 5.74) is 1.27. The standard InChI is InChI=1S/C25H21ClF2N4O3S/c1-35-22-15-19(28)7-9-23(22)36(33,34)32-12-10-31(11-13-32)25-20-8-4-17(26)14-21(20)29-24(30-25)16-2-5-18(27)6-3-16/h2-9,14-15H,10-13H2,1H3. The maximum absolute atomic E-state index is 13.6. The van der Waals surface area contributed by atoms with Gasteiger partial charge in [0.1, 0.15) is 28.1 Å². The summed E-state index contributed by atoms with van der Waals surface area (Å²) >= 11 is 6.21. The van der Waals surface area contributed by atoms with Crippen molar-refractivity contribution in [3.63, 3.8) is 0 Å². The fraction of sp³-hybridized carbons (Fsp3) is 0.200. The Morgan fingerprint density at radius 2 is 1.58 bits per heavy atom. The Morgan fingerprint density at radius 1 is 0.889 bits per heavy atom. The van der Waals surface area contributed by atoms with Gasteiger partial charge in [-0.25, -0.2) is 27.2 Å². The summed E-state index contributed by atoms with van der Waals surface area (Å²) in [5.74, 6) is 0.0551. The molecule has 3 aromatic carbocycles. The number of methoxy groups -OCH3 is 1. The largest absolute Gasteiger partial charge is 0.495 e. The highest BCUT2D eigenvalue weighted by atomic mass is 35.5. The van der Waals surface area contributed by atoms with Crippen LogP contribution in [0.25, 0.3) is 22.3 Å². The summed E-state index contributed by atoms with van der Waals surface area (Å²) in [6.45, 7) is 1.10. The van der Waals surface area contributed by atoms with Crippen molar-refractivity contribution >= 4 is 38.3 Å². The maximum Gasteiger partial charge on any atom is 0.246 e. The average Bonchev–Trinajstić information content (AvgIpc) is 2.88. The third-order valence-electron chi connectivity index (χ3n) is 6.02. The van der Waals surface area contributed by atoms with E-state index in [4.69, 9.17) is 21.3 Å². The van der Waals surface area contributed by atoms with Gasteiger partial charge in [-0.3, -0.25) is 0 Å². The Bertz CT molecular complexity index is 1540. The number of sulfonamides is 1. The Hall–Kier alpha value is -3.34. The number of hydrogen-bond acceptors (Lipinski definition) is 6. The highest BCUT2D eigenvalue weighted by molar-refractivity contribution is 7.89. The van der Waals surface area contributed by atoms with Gasteiger partial charge in [-0.2, -0.15) is 4.31 Å². The normalized spacial score (nSPS) is 14.8. The van der Waals surface area contributed by atoms with Crippen molar-refractivity contribution < 1.29 is 21.9 Å². The second-order valence-electron chi connectivity index (χ2n) is 8.23. The molecule has 0 spiro atoms. The van der Waals surface area contributed by atoms with Crippen LogP contribution in [0, 0.1) is 11.6 Å². The van der Waals surface area contributed by atoms with Crippen LogP contribution in [0.1, 0.15) is 0 Å². The number of piperazine rings is 1. The van der Waals surface area contributed by atoms with Crippen LogP contribution in [0.15, 0.2) is 65.6 Å². The number of anilines is 1. The van der Waals surface area contributed by atoms with Gasteiger partial charge in [0.25, 0.3) is 0 Å². The predicted molar refractivity (Wildman–Crippen MR) is 134 cm³/mol. The molecule has 186 valence electrons. The number of benzene rings is 3. The van der Waals surface area contributed by atoms with E-state index < -0.39 is 15.8 Å². The summed E-state index contributed by atoms with van der Waals surface area (Å²) in [7, 11) is -2.60. The van der Waals surface area contributed by atoms with E-state index in [9.17, 15) is 17.2 Å². The molecule has 4 aromatic rings. The van der Waals surface area contributed by atoms with E-state index in [-0.39, 0.29) is 29.6 Å². The lowest BCUT2D eigenvalue weighted by molar-refractivity contribution is 0.372. The van der Waals surface area contributed by atoms with Gasteiger partial charge >= 0.3 is 0 Å². The first-order chi connectivity index (χ1) is 17.3. The third kappa shape index (κ3) is 4.59. The minimum Gasteiger partial charge on any atom is -0.495 e. The minimum absolute atomic E-state index is 0.0416. The van der Waals surface area contributed by atoms with Gasteiger partial charge < -0.3 is 9.64 Å². The second kappa shape index (κ2) is 9.61. The van der Waals surface area contributed by atoms with Crippen molar-refractivity contribution in [1.29, 1.82) is 0 Å². The minimum atomic E-state index is -3.90. The molecule has 0 saturated carbocycles. The fourth-order valence-corrected chi connectivity index (χ4v) is 5.91. The topological polar surface area (TPSA) is 75.6 Å². The van der Waals surface area contributed by atoms with Crippen LogP contribution >= 0.6 is 11.6 Å². The van der Waals surface area contributed by atoms with E-state index in [0.717, 1.165) is 17.5 Å². The Labute approximate surface area is 212 Å². The van der Waals surface area contributed by atoms with Crippen LogP contribution in [0.4, 0.5) is 14.6 Å². The Balaban J connectivity index is 1.47. The number of halogens is 3. The molecule has 0 aliphatic carbocycles. The monoisotopic (exact) mass is 530 g/mol. The van der Waals surface area contributed by atoms with Crippen LogP contribution in [0.5, 0.6) is 5.75 Å². The van der Waals surface area contributed by atoms with Crippen LogP contribution in [0.2, 0.25) is 5.02 Å². The first-order valence-corrected chi connectivity index (χ1v) is 12.9. The van der Waals surface area contributed by atoms with Crippen molar-refractivity contribution in [2.45, 2.75) is 4.90 Å². The SMILES string of the molecule is COc1cc(F)ccc1S(=O)(=O)N1CCN(c2nc(-c3ccc(F)cc3)nc3cc(Cl)ccc23)CC1. The molecule has 1 aromatic heterocycles. The lowest BCUT2D eigenvalue weighted by atomic mass is 10.1.